The van der Waals surface area contributed by atoms with Gasteiger partial charge >= 0.3 is 5.97 Å². The Morgan fingerprint density at radius 1 is 1.16 bits per heavy atom. The van der Waals surface area contributed by atoms with Crippen molar-refractivity contribution in [3.8, 4) is 0 Å². The number of para-hydroxylation sites is 1. The molecule has 0 N–H and O–H groups in total. The van der Waals surface area contributed by atoms with E-state index in [1.54, 1.807) is 47.4 Å². The summed E-state index contributed by atoms with van der Waals surface area (Å²) in [4.78, 5) is 17.6. The van der Waals surface area contributed by atoms with Crippen LogP contribution in [0.5, 0.6) is 0 Å². The van der Waals surface area contributed by atoms with Gasteiger partial charge < -0.3 is 4.74 Å². The molecule has 1 aliphatic heterocycles. The second kappa shape index (κ2) is 10.2. The molecule has 9 nitrogen and oxygen atoms in total. The van der Waals surface area contributed by atoms with Gasteiger partial charge in [0.05, 0.1) is 41.7 Å². The van der Waals surface area contributed by atoms with Crippen LogP contribution in [0.4, 0.5) is 5.69 Å². The third-order valence-electron chi connectivity index (χ3n) is 5.17. The minimum Gasteiger partial charge on any atom is -0.465 e. The van der Waals surface area contributed by atoms with Crippen LogP contribution in [0.15, 0.2) is 48.7 Å². The van der Waals surface area contributed by atoms with Gasteiger partial charge in [-0.2, -0.15) is 0 Å². The molecule has 0 atom stereocenters. The summed E-state index contributed by atoms with van der Waals surface area (Å²) < 4.78 is 55.0. The summed E-state index contributed by atoms with van der Waals surface area (Å²) in [5.74, 6) is -0.570. The highest BCUT2D eigenvalue weighted by Crippen LogP contribution is 2.27. The van der Waals surface area contributed by atoms with Crippen LogP contribution in [-0.4, -0.2) is 64.0 Å². The van der Waals surface area contributed by atoms with E-state index in [1.165, 1.54) is 17.6 Å². The summed E-state index contributed by atoms with van der Waals surface area (Å²) in [6, 6.07) is 11.9. The Balaban J connectivity index is 1.83. The summed E-state index contributed by atoms with van der Waals surface area (Å²) >= 11 is 0. The molecule has 0 aliphatic carbocycles. The van der Waals surface area contributed by atoms with Crippen molar-refractivity contribution in [3.63, 3.8) is 0 Å². The van der Waals surface area contributed by atoms with Gasteiger partial charge in [0, 0.05) is 19.3 Å². The molecule has 31 heavy (non-hydrogen) atoms. The maximum absolute atomic E-state index is 13.5. The highest BCUT2D eigenvalue weighted by Gasteiger charge is 2.35. The maximum atomic E-state index is 13.5. The summed E-state index contributed by atoms with van der Waals surface area (Å²) in [7, 11) is -4.99. The van der Waals surface area contributed by atoms with Crippen LogP contribution in [0.3, 0.4) is 0 Å². The van der Waals surface area contributed by atoms with Crippen LogP contribution in [0.1, 0.15) is 28.9 Å². The van der Waals surface area contributed by atoms with E-state index in [9.17, 15) is 21.6 Å². The molecule has 1 saturated heterocycles. The van der Waals surface area contributed by atoms with Gasteiger partial charge in [-0.3, -0.25) is 14.2 Å². The number of methoxy groups -OCH3 is 1. The first-order chi connectivity index (χ1) is 14.8. The lowest BCUT2D eigenvalue weighted by molar-refractivity contribution is 0.0600. The number of hydrogen-bond donors (Lipinski definition) is 1. The fraction of sp³-hybridized carbons (Fsp3) is 0.400. The van der Waals surface area contributed by atoms with Crippen molar-refractivity contribution < 1.29 is 26.4 Å². The number of esters is 1. The molecule has 168 valence electrons. The summed E-state index contributed by atoms with van der Waals surface area (Å²) in [6.07, 6.45) is 2.06. The number of anilines is 1. The Bertz CT molecular complexity index is 1060. The zero-order chi connectivity index (χ0) is 22.4. The second-order valence-corrected chi connectivity index (χ2v) is 10.3. The quantitative estimate of drug-likeness (QED) is 0.456. The molecule has 1 fully saturated rings. The molecule has 3 rings (SSSR count). The normalized spacial score (nSPS) is 15.7. The number of rotatable bonds is 8. The third-order valence-corrected chi connectivity index (χ3v) is 8.07. The van der Waals surface area contributed by atoms with Crippen molar-refractivity contribution in [1.29, 1.82) is 0 Å². The molecule has 0 spiro atoms. The van der Waals surface area contributed by atoms with E-state index >= 15 is 0 Å². The van der Waals surface area contributed by atoms with Gasteiger partial charge in [-0.25, -0.2) is 21.6 Å². The van der Waals surface area contributed by atoms with Crippen molar-refractivity contribution in [2.45, 2.75) is 24.6 Å². The van der Waals surface area contributed by atoms with E-state index in [4.69, 9.17) is 0 Å². The lowest BCUT2D eigenvalue weighted by atomic mass is 10.1. The summed E-state index contributed by atoms with van der Waals surface area (Å²) in [5, 5.41) is -0.622. The van der Waals surface area contributed by atoms with Crippen molar-refractivity contribution in [2.75, 3.05) is 30.4 Å². The Labute approximate surface area is 183 Å². The molecule has 1 aromatic carbocycles. The smallest absolute Gasteiger partial charge is 0.339 e. The van der Waals surface area contributed by atoms with Crippen molar-refractivity contribution in [1.82, 2.24) is 9.88 Å². The summed E-state index contributed by atoms with van der Waals surface area (Å²) in [5.41, 5.74) is 1.29. The molecule has 2 heterocycles. The number of pyridine rings is 1. The van der Waals surface area contributed by atoms with Crippen molar-refractivity contribution in [2.24, 2.45) is 0 Å². The molecule has 0 unspecified atom stereocenters. The van der Waals surface area contributed by atoms with E-state index in [2.05, 4.69) is 9.72 Å². The Kier molecular flexibility index (Phi) is 7.63. The standard InChI is InChI=1S/C20H25N3O6S2/c1-29-20(24)16-7-8-17(21-13-16)14-23(18-5-3-2-4-6-18)31(27,28)19-9-11-22(12-10-19)15-30(25)26/h2-8,13,19,30H,9-12,14-15H2,1H3. The van der Waals surface area contributed by atoms with Crippen LogP contribution in [0.25, 0.3) is 0 Å². The van der Waals surface area contributed by atoms with Gasteiger partial charge in [0.2, 0.25) is 10.0 Å². The lowest BCUT2D eigenvalue weighted by Crippen LogP contribution is -2.45. The molecular formula is C20H25N3O6S2. The minimum absolute atomic E-state index is 0.0143. The molecule has 0 radical (unpaired) electrons. The van der Waals surface area contributed by atoms with Crippen LogP contribution in [-0.2, 0) is 32.0 Å². The van der Waals surface area contributed by atoms with Gasteiger partial charge in [-0.1, -0.05) is 18.2 Å². The lowest BCUT2D eigenvalue weighted by Gasteiger charge is -2.34. The molecule has 1 aromatic heterocycles. The number of piperidine rings is 1. The van der Waals surface area contributed by atoms with E-state index < -0.39 is 31.9 Å². The first-order valence-corrected chi connectivity index (χ1v) is 12.6. The summed E-state index contributed by atoms with van der Waals surface area (Å²) in [6.45, 7) is 0.824. The van der Waals surface area contributed by atoms with Crippen molar-refractivity contribution in [3.05, 3.63) is 59.9 Å². The molecule has 11 heteroatoms. The Morgan fingerprint density at radius 2 is 1.84 bits per heavy atom. The minimum atomic E-state index is -3.73. The van der Waals surface area contributed by atoms with Gasteiger partial charge in [-0.15, -0.1) is 0 Å². The molecule has 0 amide bonds. The molecule has 1 aliphatic rings. The SMILES string of the molecule is COC(=O)c1ccc(CN(c2ccccc2)S(=O)(=O)C2CCN(C[SH](=O)=O)CC2)nc1. The van der Waals surface area contributed by atoms with Crippen LogP contribution < -0.4 is 4.31 Å². The number of hydrogen-bond acceptors (Lipinski definition) is 8. The van der Waals surface area contributed by atoms with E-state index in [0.29, 0.717) is 37.3 Å². The van der Waals surface area contributed by atoms with Gasteiger partial charge in [0.1, 0.15) is 0 Å². The Morgan fingerprint density at radius 3 is 2.39 bits per heavy atom. The number of benzene rings is 1. The molecule has 2 aromatic rings. The zero-order valence-electron chi connectivity index (χ0n) is 17.1. The average molecular weight is 468 g/mol. The fourth-order valence-electron chi connectivity index (χ4n) is 3.52. The number of ether oxygens (including phenoxy) is 1. The van der Waals surface area contributed by atoms with E-state index in [1.807, 2.05) is 0 Å². The molecule has 0 bridgehead atoms. The van der Waals surface area contributed by atoms with Gasteiger partial charge in [0.25, 0.3) is 0 Å². The fourth-order valence-corrected chi connectivity index (χ4v) is 6.02. The van der Waals surface area contributed by atoms with Crippen LogP contribution >= 0.6 is 0 Å². The first kappa shape index (κ1) is 23.2. The van der Waals surface area contributed by atoms with Gasteiger partial charge in [-0.05, 0) is 37.1 Å². The number of likely N-dealkylation sites (tertiary alicyclic amines) is 1. The number of carbonyl (C=O) groups excluding carboxylic acids is 1. The second-order valence-electron chi connectivity index (χ2n) is 7.21. The average Bonchev–Trinajstić information content (AvgIpc) is 2.77. The highest BCUT2D eigenvalue weighted by molar-refractivity contribution is 7.93. The van der Waals surface area contributed by atoms with Crippen molar-refractivity contribution >= 4 is 32.4 Å². The highest BCUT2D eigenvalue weighted by atomic mass is 32.2. The third kappa shape index (κ3) is 5.81. The largest absolute Gasteiger partial charge is 0.465 e. The molecule has 0 saturated carbocycles. The number of carbonyl (C=O) groups is 1. The Hall–Kier alpha value is -2.50. The predicted octanol–water partition coefficient (Wildman–Crippen LogP) is 1.24. The van der Waals surface area contributed by atoms with E-state index in [0.717, 1.165) is 0 Å². The van der Waals surface area contributed by atoms with Crippen LogP contribution in [0.2, 0.25) is 0 Å². The number of nitrogens with zero attached hydrogens (tertiary/aromatic N) is 3. The number of aromatic nitrogens is 1. The molecular weight excluding hydrogens is 442 g/mol. The van der Waals surface area contributed by atoms with E-state index in [-0.39, 0.29) is 18.0 Å². The monoisotopic (exact) mass is 467 g/mol. The number of thiol groups is 1. The number of sulfonamides is 1. The van der Waals surface area contributed by atoms with Crippen LogP contribution in [0, 0.1) is 0 Å². The topological polar surface area (TPSA) is 114 Å². The first-order valence-electron chi connectivity index (χ1n) is 9.75. The maximum Gasteiger partial charge on any atom is 0.339 e. The van der Waals surface area contributed by atoms with Gasteiger partial charge in [0.15, 0.2) is 10.7 Å². The zero-order valence-corrected chi connectivity index (χ0v) is 18.8. The predicted molar refractivity (Wildman–Crippen MR) is 117 cm³/mol.